The largest absolute Gasteiger partial charge is 0.322 e. The molecule has 0 aromatic carbocycles. The summed E-state index contributed by atoms with van der Waals surface area (Å²) >= 11 is 0. The summed E-state index contributed by atoms with van der Waals surface area (Å²) < 4.78 is 13.8. The molecule has 0 aromatic heterocycles. The van der Waals surface area contributed by atoms with Crippen molar-refractivity contribution < 1.29 is 18.8 Å². The van der Waals surface area contributed by atoms with Gasteiger partial charge in [0, 0.05) is 13.0 Å². The fraction of sp³-hybridized carbons (Fsp3) is 0.357. The smallest absolute Gasteiger partial charge is 0.258 e. The highest BCUT2D eigenvalue weighted by Gasteiger charge is 2.41. The van der Waals surface area contributed by atoms with Crippen LogP contribution in [0.5, 0.6) is 0 Å². The Balaban J connectivity index is 2.27. The molecule has 1 unspecified atom stereocenters. The molecule has 0 aliphatic carbocycles. The van der Waals surface area contributed by atoms with Crippen LogP contribution in [-0.2, 0) is 14.4 Å². The SMILES string of the molecule is C=C1CN(C2CCC(=O)NC2=O)C(=O)/C1=C(F)/C=C\C. The molecule has 1 atom stereocenters. The van der Waals surface area contributed by atoms with Crippen LogP contribution in [0.25, 0.3) is 0 Å². The fourth-order valence-corrected chi connectivity index (χ4v) is 2.38. The minimum atomic E-state index is -0.743. The zero-order chi connectivity index (χ0) is 14.9. The van der Waals surface area contributed by atoms with Gasteiger partial charge in [-0.05, 0) is 25.0 Å². The quantitative estimate of drug-likeness (QED) is 0.605. The van der Waals surface area contributed by atoms with Gasteiger partial charge in [0.2, 0.25) is 11.8 Å². The molecule has 0 radical (unpaired) electrons. The van der Waals surface area contributed by atoms with Crippen LogP contribution in [0.3, 0.4) is 0 Å². The van der Waals surface area contributed by atoms with E-state index in [2.05, 4.69) is 11.9 Å². The van der Waals surface area contributed by atoms with Crippen LogP contribution in [0.2, 0.25) is 0 Å². The molecule has 1 N–H and O–H groups in total. The standard InChI is InChI=1S/C14H15FN2O3/c1-3-4-9(15)12-8(2)7-17(14(12)20)10-5-6-11(18)16-13(10)19/h3-4,10H,2,5-7H2,1H3,(H,16,18,19)/b4-3-,12-9-. The molecule has 0 bridgehead atoms. The molecule has 2 rings (SSSR count). The number of carbonyl (C=O) groups is 3. The van der Waals surface area contributed by atoms with E-state index in [1.54, 1.807) is 6.92 Å². The van der Waals surface area contributed by atoms with Crippen molar-refractivity contribution in [1.29, 1.82) is 0 Å². The third-order valence-electron chi connectivity index (χ3n) is 3.33. The first-order valence-electron chi connectivity index (χ1n) is 6.31. The molecule has 0 aromatic rings. The Morgan fingerprint density at radius 2 is 2.15 bits per heavy atom. The number of rotatable bonds is 2. The lowest BCUT2D eigenvalue weighted by Gasteiger charge is -2.28. The van der Waals surface area contributed by atoms with Gasteiger partial charge in [0.05, 0.1) is 5.57 Å². The van der Waals surface area contributed by atoms with Gasteiger partial charge in [-0.15, -0.1) is 0 Å². The van der Waals surface area contributed by atoms with Gasteiger partial charge in [0.1, 0.15) is 11.9 Å². The number of piperidine rings is 1. The van der Waals surface area contributed by atoms with Crippen molar-refractivity contribution in [2.24, 2.45) is 0 Å². The number of carbonyl (C=O) groups excluding carboxylic acids is 3. The van der Waals surface area contributed by atoms with Gasteiger partial charge in [0.25, 0.3) is 5.91 Å². The van der Waals surface area contributed by atoms with Crippen molar-refractivity contribution in [3.63, 3.8) is 0 Å². The van der Waals surface area contributed by atoms with E-state index in [1.807, 2.05) is 0 Å². The van der Waals surface area contributed by atoms with Crippen molar-refractivity contribution >= 4 is 17.7 Å². The molecule has 0 spiro atoms. The molecular weight excluding hydrogens is 263 g/mol. The maximum Gasteiger partial charge on any atom is 0.258 e. The summed E-state index contributed by atoms with van der Waals surface area (Å²) in [5.74, 6) is -2.08. The Hall–Kier alpha value is -2.24. The summed E-state index contributed by atoms with van der Waals surface area (Å²) in [5.41, 5.74) is 0.253. The Morgan fingerprint density at radius 1 is 1.45 bits per heavy atom. The maximum atomic E-state index is 13.8. The summed E-state index contributed by atoms with van der Waals surface area (Å²) in [7, 11) is 0. The highest BCUT2D eigenvalue weighted by Crippen LogP contribution is 2.29. The Bertz CT molecular complexity index is 563. The van der Waals surface area contributed by atoms with Crippen LogP contribution in [0.4, 0.5) is 4.39 Å². The van der Waals surface area contributed by atoms with Crippen LogP contribution >= 0.6 is 0 Å². The Labute approximate surface area is 115 Å². The molecule has 2 heterocycles. The summed E-state index contributed by atoms with van der Waals surface area (Å²) in [6.45, 7) is 5.42. The zero-order valence-corrected chi connectivity index (χ0v) is 11.1. The molecule has 106 valence electrons. The Morgan fingerprint density at radius 3 is 2.75 bits per heavy atom. The number of allylic oxidation sites excluding steroid dienone is 3. The van der Waals surface area contributed by atoms with Crippen molar-refractivity contribution in [1.82, 2.24) is 10.2 Å². The number of nitrogens with one attached hydrogen (secondary N) is 1. The average Bonchev–Trinajstić information content (AvgIpc) is 2.65. The highest BCUT2D eigenvalue weighted by atomic mass is 19.1. The van der Waals surface area contributed by atoms with Gasteiger partial charge in [-0.2, -0.15) is 0 Å². The summed E-state index contributed by atoms with van der Waals surface area (Å²) in [6.07, 6.45) is 3.09. The molecule has 2 fully saturated rings. The molecule has 2 aliphatic rings. The fourth-order valence-electron chi connectivity index (χ4n) is 2.38. The first kappa shape index (κ1) is 14.2. The first-order valence-corrected chi connectivity index (χ1v) is 6.31. The number of imide groups is 1. The second-order valence-corrected chi connectivity index (χ2v) is 4.73. The van der Waals surface area contributed by atoms with Crippen LogP contribution in [0, 0.1) is 0 Å². The number of likely N-dealkylation sites (tertiary alicyclic amines) is 1. The average molecular weight is 278 g/mol. The third-order valence-corrected chi connectivity index (χ3v) is 3.33. The molecular formula is C14H15FN2O3. The lowest BCUT2D eigenvalue weighted by atomic mass is 10.0. The second-order valence-electron chi connectivity index (χ2n) is 4.73. The van der Waals surface area contributed by atoms with Gasteiger partial charge in [-0.3, -0.25) is 19.7 Å². The van der Waals surface area contributed by atoms with E-state index < -0.39 is 23.7 Å². The molecule has 5 nitrogen and oxygen atoms in total. The predicted molar refractivity (Wildman–Crippen MR) is 70.0 cm³/mol. The van der Waals surface area contributed by atoms with Crippen molar-refractivity contribution in [3.8, 4) is 0 Å². The topological polar surface area (TPSA) is 66.5 Å². The van der Waals surface area contributed by atoms with Crippen LogP contribution in [-0.4, -0.2) is 35.2 Å². The van der Waals surface area contributed by atoms with Crippen molar-refractivity contribution in [3.05, 3.63) is 35.7 Å². The van der Waals surface area contributed by atoms with Crippen molar-refractivity contribution in [2.45, 2.75) is 25.8 Å². The zero-order valence-electron chi connectivity index (χ0n) is 11.1. The lowest BCUT2D eigenvalue weighted by molar-refractivity contribution is -0.142. The number of halogens is 1. The molecule has 6 heteroatoms. The van der Waals surface area contributed by atoms with Gasteiger partial charge < -0.3 is 4.90 Å². The lowest BCUT2D eigenvalue weighted by Crippen LogP contribution is -2.52. The molecule has 20 heavy (non-hydrogen) atoms. The highest BCUT2D eigenvalue weighted by molar-refractivity contribution is 6.07. The minimum absolute atomic E-state index is 0.0900. The number of hydrogen-bond acceptors (Lipinski definition) is 3. The predicted octanol–water partition coefficient (Wildman–Crippen LogP) is 0.990. The summed E-state index contributed by atoms with van der Waals surface area (Å²) in [4.78, 5) is 36.4. The second kappa shape index (κ2) is 5.40. The van der Waals surface area contributed by atoms with E-state index in [4.69, 9.17) is 0 Å². The maximum absolute atomic E-state index is 13.8. The molecule has 2 saturated heterocycles. The monoisotopic (exact) mass is 278 g/mol. The summed E-state index contributed by atoms with van der Waals surface area (Å²) in [6, 6.07) is -0.743. The Kier molecular flexibility index (Phi) is 3.83. The van der Waals surface area contributed by atoms with Gasteiger partial charge in [-0.1, -0.05) is 12.7 Å². The van der Waals surface area contributed by atoms with Gasteiger partial charge in [0.15, 0.2) is 0 Å². The number of nitrogens with zero attached hydrogens (tertiary/aromatic N) is 1. The number of amides is 3. The normalized spacial score (nSPS) is 26.5. The minimum Gasteiger partial charge on any atom is -0.322 e. The number of hydrogen-bond donors (Lipinski definition) is 1. The van der Waals surface area contributed by atoms with Crippen LogP contribution in [0.15, 0.2) is 35.7 Å². The van der Waals surface area contributed by atoms with E-state index in [0.29, 0.717) is 5.57 Å². The van der Waals surface area contributed by atoms with Gasteiger partial charge >= 0.3 is 0 Å². The molecule has 0 saturated carbocycles. The van der Waals surface area contributed by atoms with Gasteiger partial charge in [-0.25, -0.2) is 4.39 Å². The van der Waals surface area contributed by atoms with E-state index >= 15 is 0 Å². The van der Waals surface area contributed by atoms with E-state index in [0.717, 1.165) is 0 Å². The summed E-state index contributed by atoms with van der Waals surface area (Å²) in [5, 5.41) is 2.19. The van der Waals surface area contributed by atoms with Crippen molar-refractivity contribution in [2.75, 3.05) is 6.54 Å². The van der Waals surface area contributed by atoms with Crippen LogP contribution in [0.1, 0.15) is 19.8 Å². The van der Waals surface area contributed by atoms with Crippen LogP contribution < -0.4 is 5.32 Å². The molecule has 2 aliphatic heterocycles. The first-order chi connectivity index (χ1) is 9.45. The van der Waals surface area contributed by atoms with E-state index in [1.165, 1.54) is 17.1 Å². The van der Waals surface area contributed by atoms with E-state index in [9.17, 15) is 18.8 Å². The third kappa shape index (κ3) is 2.41. The van der Waals surface area contributed by atoms with E-state index in [-0.39, 0.29) is 30.9 Å². The molecule has 3 amide bonds.